The third kappa shape index (κ3) is 5.45. The molecule has 28 heavy (non-hydrogen) atoms. The summed E-state index contributed by atoms with van der Waals surface area (Å²) in [4.78, 5) is 24.1. The quantitative estimate of drug-likeness (QED) is 0.614. The van der Waals surface area contributed by atoms with Crippen LogP contribution in [0.15, 0.2) is 78.9 Å². The predicted octanol–water partition coefficient (Wildman–Crippen LogP) is 4.58. The number of benzene rings is 3. The molecule has 3 aromatic rings. The lowest BCUT2D eigenvalue weighted by Gasteiger charge is -2.13. The van der Waals surface area contributed by atoms with E-state index in [1.54, 1.807) is 18.2 Å². The molecule has 0 radical (unpaired) electrons. The molecular formula is C23H21NO4. The van der Waals surface area contributed by atoms with Gasteiger partial charge in [0, 0.05) is 13.0 Å². The van der Waals surface area contributed by atoms with Gasteiger partial charge in [0.1, 0.15) is 19.0 Å². The van der Waals surface area contributed by atoms with Crippen molar-refractivity contribution in [2.45, 2.75) is 20.1 Å². The smallest absolute Gasteiger partial charge is 0.340 e. The Kier molecular flexibility index (Phi) is 6.41. The lowest BCUT2D eigenvalue weighted by molar-refractivity contribution is -0.114. The van der Waals surface area contributed by atoms with Crippen LogP contribution in [-0.2, 0) is 22.7 Å². The van der Waals surface area contributed by atoms with Crippen LogP contribution in [0.5, 0.6) is 5.75 Å². The van der Waals surface area contributed by atoms with E-state index in [2.05, 4.69) is 5.32 Å². The van der Waals surface area contributed by atoms with Crippen molar-refractivity contribution < 1.29 is 19.1 Å². The van der Waals surface area contributed by atoms with Gasteiger partial charge in [0.2, 0.25) is 5.91 Å². The molecular weight excluding hydrogens is 354 g/mol. The maximum absolute atomic E-state index is 12.5. The van der Waals surface area contributed by atoms with E-state index in [0.29, 0.717) is 18.0 Å². The van der Waals surface area contributed by atoms with Gasteiger partial charge in [0.25, 0.3) is 0 Å². The molecule has 0 aromatic heterocycles. The van der Waals surface area contributed by atoms with Gasteiger partial charge in [-0.3, -0.25) is 4.79 Å². The average molecular weight is 375 g/mol. The van der Waals surface area contributed by atoms with Gasteiger partial charge < -0.3 is 14.8 Å². The highest BCUT2D eigenvalue weighted by Gasteiger charge is 2.15. The Morgan fingerprint density at radius 1 is 0.821 bits per heavy atom. The van der Waals surface area contributed by atoms with Gasteiger partial charge in [-0.2, -0.15) is 0 Å². The number of amides is 1. The minimum atomic E-state index is -0.512. The van der Waals surface area contributed by atoms with Crippen LogP contribution in [0.4, 0.5) is 5.69 Å². The molecule has 0 heterocycles. The number of hydrogen-bond acceptors (Lipinski definition) is 4. The first-order valence-corrected chi connectivity index (χ1v) is 8.91. The van der Waals surface area contributed by atoms with E-state index in [9.17, 15) is 9.59 Å². The third-order valence-electron chi connectivity index (χ3n) is 3.98. The molecule has 0 saturated carbocycles. The number of anilines is 1. The Morgan fingerprint density at radius 2 is 1.43 bits per heavy atom. The lowest BCUT2D eigenvalue weighted by Crippen LogP contribution is -2.13. The summed E-state index contributed by atoms with van der Waals surface area (Å²) in [5.41, 5.74) is 2.55. The van der Waals surface area contributed by atoms with Gasteiger partial charge in [-0.1, -0.05) is 60.7 Å². The molecule has 0 unspecified atom stereocenters. The van der Waals surface area contributed by atoms with Gasteiger partial charge in [0.05, 0.1) is 11.3 Å². The molecule has 5 nitrogen and oxygen atoms in total. The summed E-state index contributed by atoms with van der Waals surface area (Å²) < 4.78 is 11.1. The van der Waals surface area contributed by atoms with Crippen LogP contribution >= 0.6 is 0 Å². The van der Waals surface area contributed by atoms with E-state index in [1.165, 1.54) is 6.92 Å². The molecule has 0 saturated heterocycles. The number of esters is 1. The fraction of sp³-hybridized carbons (Fsp3) is 0.130. The number of hydrogen-bond donors (Lipinski definition) is 1. The van der Waals surface area contributed by atoms with Crippen LogP contribution in [-0.4, -0.2) is 11.9 Å². The molecule has 0 bridgehead atoms. The molecule has 5 heteroatoms. The molecule has 142 valence electrons. The van der Waals surface area contributed by atoms with Crippen LogP contribution in [0.2, 0.25) is 0 Å². The van der Waals surface area contributed by atoms with E-state index in [-0.39, 0.29) is 18.1 Å². The van der Waals surface area contributed by atoms with E-state index in [1.807, 2.05) is 60.7 Å². The highest BCUT2D eigenvalue weighted by Crippen LogP contribution is 2.25. The van der Waals surface area contributed by atoms with Crippen LogP contribution < -0.4 is 10.1 Å². The molecule has 0 aliphatic rings. The van der Waals surface area contributed by atoms with Crippen LogP contribution in [0, 0.1) is 0 Å². The number of carbonyl (C=O) groups is 2. The largest absolute Gasteiger partial charge is 0.489 e. The topological polar surface area (TPSA) is 64.6 Å². The normalized spacial score (nSPS) is 10.2. The minimum absolute atomic E-state index is 0.158. The zero-order valence-electron chi connectivity index (χ0n) is 15.6. The van der Waals surface area contributed by atoms with Crippen molar-refractivity contribution >= 4 is 17.6 Å². The first-order chi connectivity index (χ1) is 13.6. The molecule has 0 fully saturated rings. The number of nitrogens with one attached hydrogen (secondary N) is 1. The lowest BCUT2D eigenvalue weighted by atomic mass is 10.1. The summed E-state index contributed by atoms with van der Waals surface area (Å²) in [6, 6.07) is 24.1. The number of ether oxygens (including phenoxy) is 2. The van der Waals surface area contributed by atoms with Crippen LogP contribution in [0.25, 0.3) is 0 Å². The summed E-state index contributed by atoms with van der Waals surface area (Å²) in [6.07, 6.45) is 0. The second kappa shape index (κ2) is 9.37. The molecule has 0 aliphatic heterocycles. The highest BCUT2D eigenvalue weighted by atomic mass is 16.5. The van der Waals surface area contributed by atoms with Gasteiger partial charge in [-0.05, 0) is 23.3 Å². The Labute approximate surface area is 163 Å². The van der Waals surface area contributed by atoms with E-state index < -0.39 is 5.97 Å². The van der Waals surface area contributed by atoms with E-state index in [0.717, 1.165) is 11.1 Å². The van der Waals surface area contributed by atoms with Crippen molar-refractivity contribution in [1.82, 2.24) is 0 Å². The number of rotatable bonds is 7. The van der Waals surface area contributed by atoms with Gasteiger partial charge in [0.15, 0.2) is 0 Å². The van der Waals surface area contributed by atoms with Crippen LogP contribution in [0.3, 0.4) is 0 Å². The van der Waals surface area contributed by atoms with Crippen LogP contribution in [0.1, 0.15) is 28.4 Å². The molecule has 0 atom stereocenters. The first-order valence-electron chi connectivity index (χ1n) is 8.91. The second-order valence-electron chi connectivity index (χ2n) is 6.22. The Hall–Kier alpha value is -3.60. The van der Waals surface area contributed by atoms with Crippen molar-refractivity contribution in [3.05, 3.63) is 95.6 Å². The van der Waals surface area contributed by atoms with Crippen molar-refractivity contribution in [3.8, 4) is 5.75 Å². The summed E-state index contributed by atoms with van der Waals surface area (Å²) in [6.45, 7) is 1.93. The van der Waals surface area contributed by atoms with E-state index in [4.69, 9.17) is 9.47 Å². The molecule has 1 amide bonds. The van der Waals surface area contributed by atoms with Gasteiger partial charge >= 0.3 is 5.97 Å². The summed E-state index contributed by atoms with van der Waals surface area (Å²) in [5.74, 6) is -0.244. The molecule has 3 rings (SSSR count). The summed E-state index contributed by atoms with van der Waals surface area (Å²) in [5, 5.41) is 2.67. The third-order valence-corrected chi connectivity index (χ3v) is 3.98. The fourth-order valence-corrected chi connectivity index (χ4v) is 2.63. The molecule has 3 aromatic carbocycles. The number of carbonyl (C=O) groups excluding carboxylic acids is 2. The zero-order chi connectivity index (χ0) is 19.8. The summed E-state index contributed by atoms with van der Waals surface area (Å²) >= 11 is 0. The maximum atomic E-state index is 12.5. The Balaban J connectivity index is 1.72. The van der Waals surface area contributed by atoms with E-state index >= 15 is 0 Å². The predicted molar refractivity (Wildman–Crippen MR) is 107 cm³/mol. The second-order valence-corrected chi connectivity index (χ2v) is 6.22. The van der Waals surface area contributed by atoms with Crippen molar-refractivity contribution in [2.75, 3.05) is 5.32 Å². The maximum Gasteiger partial charge on any atom is 0.340 e. The zero-order valence-corrected chi connectivity index (χ0v) is 15.6. The Morgan fingerprint density at radius 3 is 2.04 bits per heavy atom. The minimum Gasteiger partial charge on any atom is -0.489 e. The average Bonchev–Trinajstić information content (AvgIpc) is 2.72. The van der Waals surface area contributed by atoms with Crippen molar-refractivity contribution in [1.29, 1.82) is 0 Å². The molecule has 1 N–H and O–H groups in total. The first kappa shape index (κ1) is 19.2. The van der Waals surface area contributed by atoms with Gasteiger partial charge in [-0.15, -0.1) is 0 Å². The highest BCUT2D eigenvalue weighted by molar-refractivity contribution is 6.01. The molecule has 0 spiro atoms. The molecule has 0 aliphatic carbocycles. The fourth-order valence-electron chi connectivity index (χ4n) is 2.63. The standard InChI is InChI=1S/C23H21NO4/c1-17(25)24-22-14-20(27-15-18-8-4-2-5-9-18)12-13-21(22)23(26)28-16-19-10-6-3-7-11-19/h2-14H,15-16H2,1H3,(H,24,25). The SMILES string of the molecule is CC(=O)Nc1cc(OCc2ccccc2)ccc1C(=O)OCc1ccccc1. The Bertz CT molecular complexity index is 939. The summed E-state index contributed by atoms with van der Waals surface area (Å²) in [7, 11) is 0. The van der Waals surface area contributed by atoms with Crippen molar-refractivity contribution in [2.24, 2.45) is 0 Å². The van der Waals surface area contributed by atoms with Gasteiger partial charge in [-0.25, -0.2) is 4.79 Å². The monoisotopic (exact) mass is 375 g/mol. The van der Waals surface area contributed by atoms with Crippen molar-refractivity contribution in [3.63, 3.8) is 0 Å².